The Kier molecular flexibility index (Phi) is 5.68. The van der Waals surface area contributed by atoms with E-state index in [1.54, 1.807) is 5.38 Å². The smallest absolute Gasteiger partial charge is 0.365 e. The largest absolute Gasteiger partial charge is 0.415 e. The summed E-state index contributed by atoms with van der Waals surface area (Å²) in [4.78, 5) is 36.6. The second-order valence-corrected chi connectivity index (χ2v) is 8.91. The van der Waals surface area contributed by atoms with Crippen molar-refractivity contribution in [3.05, 3.63) is 62.3 Å². The van der Waals surface area contributed by atoms with Crippen LogP contribution in [-0.2, 0) is 9.53 Å². The van der Waals surface area contributed by atoms with E-state index < -0.39 is 52.3 Å². The van der Waals surface area contributed by atoms with Crippen LogP contribution in [0, 0.1) is 22.0 Å². The molecule has 0 bridgehead atoms. The van der Waals surface area contributed by atoms with Crippen molar-refractivity contribution < 1.29 is 37.5 Å². The summed E-state index contributed by atoms with van der Waals surface area (Å²) in [6.45, 7) is 0. The molecule has 7 nitrogen and oxygen atoms in total. The van der Waals surface area contributed by atoms with Crippen LogP contribution in [0.5, 0.6) is 0 Å². The first kappa shape index (κ1) is 22.6. The number of fused-ring (bicyclic) bond motifs is 1. The van der Waals surface area contributed by atoms with Crippen molar-refractivity contribution in [3.63, 3.8) is 0 Å². The van der Waals surface area contributed by atoms with Gasteiger partial charge in [0.15, 0.2) is 17.7 Å². The molecule has 11 heteroatoms. The fraction of sp³-hybridized carbons (Fsp3) is 0.429. The summed E-state index contributed by atoms with van der Waals surface area (Å²) in [7, 11) is 0. The van der Waals surface area contributed by atoms with Crippen LogP contribution in [0.4, 0.5) is 18.9 Å². The number of hydrogen-bond donors (Lipinski definition) is 1. The zero-order valence-electron chi connectivity index (χ0n) is 16.4. The molecule has 1 aliphatic carbocycles. The number of carbonyl (C=O) groups excluding carboxylic acids is 2. The van der Waals surface area contributed by atoms with Crippen LogP contribution in [-0.4, -0.2) is 39.7 Å². The van der Waals surface area contributed by atoms with E-state index in [1.807, 2.05) is 0 Å². The lowest BCUT2D eigenvalue weighted by atomic mass is 9.62. The zero-order chi connectivity index (χ0) is 23.3. The Labute approximate surface area is 184 Å². The third kappa shape index (κ3) is 3.84. The average Bonchev–Trinajstić information content (AvgIpc) is 3.26. The molecule has 170 valence electrons. The van der Waals surface area contributed by atoms with Crippen molar-refractivity contribution in [1.82, 2.24) is 0 Å². The average molecular weight is 469 g/mol. The molecule has 5 atom stereocenters. The lowest BCUT2D eigenvalue weighted by molar-refractivity contribution is -0.384. The van der Waals surface area contributed by atoms with Gasteiger partial charge in [0.2, 0.25) is 0 Å². The van der Waals surface area contributed by atoms with E-state index in [0.29, 0.717) is 0 Å². The van der Waals surface area contributed by atoms with Crippen LogP contribution in [0.15, 0.2) is 41.8 Å². The standard InChI is InChI=1S/C21H18F3NO6S/c22-21(23,24)19-16(18(27)14-4-2-10-32-14)15(11-5-7-12(8-6-11)25(29)30)17-13(26)3-1-9-20(17,28)31-19/h2,4-8,10,15-17,19,28H,1,3,9H2. The van der Waals surface area contributed by atoms with Gasteiger partial charge >= 0.3 is 6.18 Å². The summed E-state index contributed by atoms with van der Waals surface area (Å²) >= 11 is 0.961. The first-order valence-electron chi connectivity index (χ1n) is 9.84. The highest BCUT2D eigenvalue weighted by Crippen LogP contribution is 2.54. The highest BCUT2D eigenvalue weighted by Gasteiger charge is 2.65. The van der Waals surface area contributed by atoms with Gasteiger partial charge in [-0.2, -0.15) is 13.2 Å². The summed E-state index contributed by atoms with van der Waals surface area (Å²) in [5, 5.41) is 23.6. The van der Waals surface area contributed by atoms with E-state index in [1.165, 1.54) is 24.3 Å². The number of hydrogen-bond acceptors (Lipinski definition) is 7. The maximum Gasteiger partial charge on any atom is 0.415 e. The maximum atomic E-state index is 14.1. The fourth-order valence-corrected chi connectivity index (χ4v) is 5.47. The molecule has 2 aromatic rings. The van der Waals surface area contributed by atoms with Crippen LogP contribution in [0.25, 0.3) is 0 Å². The number of thiophene rings is 1. The molecule has 0 radical (unpaired) electrons. The van der Waals surface area contributed by atoms with E-state index in [0.717, 1.165) is 23.5 Å². The molecular weight excluding hydrogens is 451 g/mol. The van der Waals surface area contributed by atoms with Crippen molar-refractivity contribution in [2.45, 2.75) is 43.2 Å². The highest BCUT2D eigenvalue weighted by atomic mass is 32.1. The van der Waals surface area contributed by atoms with Gasteiger partial charge in [-0.1, -0.05) is 18.2 Å². The summed E-state index contributed by atoms with van der Waals surface area (Å²) in [6, 6.07) is 7.58. The first-order valence-corrected chi connectivity index (χ1v) is 10.7. The zero-order valence-corrected chi connectivity index (χ0v) is 17.3. The quantitative estimate of drug-likeness (QED) is 0.407. The number of benzene rings is 1. The number of halogens is 3. The number of aliphatic hydroxyl groups is 1. The molecule has 5 unspecified atom stereocenters. The number of ether oxygens (including phenoxy) is 1. The summed E-state index contributed by atoms with van der Waals surface area (Å²) in [6.07, 6.45) is -7.68. The number of nitro benzene ring substituents is 1. The summed E-state index contributed by atoms with van der Waals surface area (Å²) in [5.41, 5.74) is -0.165. The molecule has 0 amide bonds. The summed E-state index contributed by atoms with van der Waals surface area (Å²) < 4.78 is 47.5. The van der Waals surface area contributed by atoms with Crippen LogP contribution in [0.3, 0.4) is 0 Å². The second kappa shape index (κ2) is 8.05. The van der Waals surface area contributed by atoms with E-state index in [2.05, 4.69) is 0 Å². The number of Topliss-reactive ketones (excluding diaryl/α,β-unsaturated/α-hetero) is 2. The summed E-state index contributed by atoms with van der Waals surface area (Å²) in [5.74, 6) is -8.39. The third-order valence-electron chi connectivity index (χ3n) is 6.07. The Morgan fingerprint density at radius 3 is 2.50 bits per heavy atom. The van der Waals surface area contributed by atoms with E-state index in [-0.39, 0.29) is 35.4 Å². The van der Waals surface area contributed by atoms with Crippen LogP contribution in [0.1, 0.15) is 40.4 Å². The monoisotopic (exact) mass is 469 g/mol. The Morgan fingerprint density at radius 1 is 1.25 bits per heavy atom. The number of rotatable bonds is 4. The molecule has 1 saturated heterocycles. The fourth-order valence-electron chi connectivity index (χ4n) is 4.75. The van der Waals surface area contributed by atoms with Gasteiger partial charge in [-0.05, 0) is 23.4 Å². The van der Waals surface area contributed by atoms with Crippen LogP contribution < -0.4 is 0 Å². The number of alkyl halides is 3. The van der Waals surface area contributed by atoms with Gasteiger partial charge in [-0.15, -0.1) is 11.3 Å². The van der Waals surface area contributed by atoms with Gasteiger partial charge in [0.25, 0.3) is 5.69 Å². The third-order valence-corrected chi connectivity index (χ3v) is 6.96. The second-order valence-electron chi connectivity index (χ2n) is 7.96. The molecule has 2 fully saturated rings. The van der Waals surface area contributed by atoms with Crippen molar-refractivity contribution in [1.29, 1.82) is 0 Å². The molecule has 1 saturated carbocycles. The van der Waals surface area contributed by atoms with E-state index in [4.69, 9.17) is 4.74 Å². The van der Waals surface area contributed by atoms with Crippen LogP contribution in [0.2, 0.25) is 0 Å². The molecule has 1 aliphatic heterocycles. The molecule has 1 N–H and O–H groups in total. The number of nitro groups is 1. The molecule has 4 rings (SSSR count). The molecule has 0 spiro atoms. The van der Waals surface area contributed by atoms with Gasteiger partial charge in [0.05, 0.1) is 21.6 Å². The number of nitrogens with zero attached hydrogens (tertiary/aromatic N) is 1. The predicted octanol–water partition coefficient (Wildman–Crippen LogP) is 4.26. The lowest BCUT2D eigenvalue weighted by Crippen LogP contribution is -2.63. The Morgan fingerprint density at radius 2 is 1.94 bits per heavy atom. The van der Waals surface area contributed by atoms with Crippen molar-refractivity contribution >= 4 is 28.6 Å². The molecule has 1 aromatic heterocycles. The SMILES string of the molecule is O=C(c1cccs1)C1C(c2ccc([N+](=O)[O-])cc2)C2C(=O)CCCC2(O)OC1C(F)(F)F. The maximum absolute atomic E-state index is 14.1. The van der Waals surface area contributed by atoms with E-state index in [9.17, 15) is 38.0 Å². The van der Waals surface area contributed by atoms with E-state index >= 15 is 0 Å². The Balaban J connectivity index is 1.91. The minimum absolute atomic E-state index is 0.0242. The molecular formula is C21H18F3NO6S. The topological polar surface area (TPSA) is 107 Å². The van der Waals surface area contributed by atoms with Gasteiger partial charge in [-0.3, -0.25) is 19.7 Å². The normalized spacial score (nSPS) is 30.6. The molecule has 32 heavy (non-hydrogen) atoms. The Bertz CT molecular complexity index is 1040. The van der Waals surface area contributed by atoms with Crippen LogP contribution >= 0.6 is 11.3 Å². The minimum Gasteiger partial charge on any atom is -0.365 e. The van der Waals surface area contributed by atoms with Gasteiger partial charge in [0.1, 0.15) is 5.78 Å². The predicted molar refractivity (Wildman–Crippen MR) is 106 cm³/mol. The Hall–Kier alpha value is -2.63. The molecule has 1 aromatic carbocycles. The van der Waals surface area contributed by atoms with Crippen molar-refractivity contribution in [2.75, 3.05) is 0 Å². The first-order chi connectivity index (χ1) is 15.0. The number of carbonyl (C=O) groups is 2. The number of non-ortho nitro benzene ring substituents is 1. The highest BCUT2D eigenvalue weighted by molar-refractivity contribution is 7.12. The van der Waals surface area contributed by atoms with Gasteiger partial charge in [-0.25, -0.2) is 0 Å². The van der Waals surface area contributed by atoms with Gasteiger partial charge < -0.3 is 9.84 Å². The number of ketones is 2. The minimum atomic E-state index is -5.00. The lowest BCUT2D eigenvalue weighted by Gasteiger charge is -2.52. The van der Waals surface area contributed by atoms with Crippen molar-refractivity contribution in [3.8, 4) is 0 Å². The van der Waals surface area contributed by atoms with Crippen molar-refractivity contribution in [2.24, 2.45) is 11.8 Å². The molecule has 2 heterocycles. The van der Waals surface area contributed by atoms with Gasteiger partial charge in [0, 0.05) is 30.9 Å². The molecule has 2 aliphatic rings.